The van der Waals surface area contributed by atoms with Crippen molar-refractivity contribution in [1.29, 1.82) is 0 Å². The van der Waals surface area contributed by atoms with Gasteiger partial charge in [0.25, 0.3) is 11.8 Å². The molecule has 2 heterocycles. The number of amides is 2. The van der Waals surface area contributed by atoms with E-state index in [4.69, 9.17) is 9.15 Å². The number of rotatable bonds is 6. The van der Waals surface area contributed by atoms with E-state index in [2.05, 4.69) is 5.10 Å². The van der Waals surface area contributed by atoms with Gasteiger partial charge in [-0.2, -0.15) is 5.10 Å². The monoisotopic (exact) mass is 417 g/mol. The summed E-state index contributed by atoms with van der Waals surface area (Å²) in [5.74, 6) is 0.293. The Balaban J connectivity index is 1.60. The summed E-state index contributed by atoms with van der Waals surface area (Å²) in [6.45, 7) is -0.113. The number of hydrazone groups is 1. The molecule has 7 nitrogen and oxygen atoms in total. The van der Waals surface area contributed by atoms with Gasteiger partial charge in [0.05, 0.1) is 25.1 Å². The Morgan fingerprint density at radius 3 is 2.65 bits per heavy atom. The topological polar surface area (TPSA) is 75.3 Å². The molecule has 0 fully saturated rings. The van der Waals surface area contributed by atoms with Crippen molar-refractivity contribution in [3.8, 4) is 5.75 Å². The highest BCUT2D eigenvalue weighted by atomic mass is 16.5. The second kappa shape index (κ2) is 8.87. The molecule has 0 N–H and O–H groups in total. The molecule has 1 aliphatic rings. The molecule has 2 aromatic carbocycles. The van der Waals surface area contributed by atoms with Crippen molar-refractivity contribution in [3.63, 3.8) is 0 Å². The van der Waals surface area contributed by atoms with Crippen LogP contribution in [0.15, 0.2) is 82.5 Å². The number of nitrogens with zero attached hydrogens (tertiary/aromatic N) is 3. The Morgan fingerprint density at radius 2 is 1.94 bits per heavy atom. The fourth-order valence-corrected chi connectivity index (χ4v) is 3.59. The molecule has 3 aromatic rings. The maximum Gasteiger partial charge on any atom is 0.289 e. The normalized spacial score (nSPS) is 15.5. The minimum Gasteiger partial charge on any atom is -0.497 e. The summed E-state index contributed by atoms with van der Waals surface area (Å²) in [7, 11) is 3.19. The Bertz CT molecular complexity index is 1090. The molecule has 0 radical (unpaired) electrons. The van der Waals surface area contributed by atoms with E-state index in [-0.39, 0.29) is 30.2 Å². The van der Waals surface area contributed by atoms with Gasteiger partial charge >= 0.3 is 0 Å². The molecular weight excluding hydrogens is 394 g/mol. The zero-order valence-electron chi connectivity index (χ0n) is 17.4. The first-order chi connectivity index (χ1) is 15.1. The summed E-state index contributed by atoms with van der Waals surface area (Å²) in [5, 5.41) is 6.13. The molecule has 0 spiro atoms. The van der Waals surface area contributed by atoms with Crippen molar-refractivity contribution < 1.29 is 18.7 Å². The molecule has 31 heavy (non-hydrogen) atoms. The maximum atomic E-state index is 13.2. The summed E-state index contributed by atoms with van der Waals surface area (Å²) in [4.78, 5) is 27.0. The van der Waals surface area contributed by atoms with Crippen molar-refractivity contribution in [2.45, 2.75) is 12.5 Å². The summed E-state index contributed by atoms with van der Waals surface area (Å²) in [6.07, 6.45) is 2.00. The third-order valence-corrected chi connectivity index (χ3v) is 5.20. The average molecular weight is 417 g/mol. The SMILES string of the molecule is COc1cccc(C2=NN(C(=O)CN(C)C(=O)c3ccco3)C(c3ccccc3)C2)c1. The fourth-order valence-electron chi connectivity index (χ4n) is 3.59. The first-order valence-corrected chi connectivity index (χ1v) is 9.94. The van der Waals surface area contributed by atoms with Gasteiger partial charge in [0.15, 0.2) is 5.76 Å². The molecule has 7 heteroatoms. The lowest BCUT2D eigenvalue weighted by molar-refractivity contribution is -0.133. The van der Waals surface area contributed by atoms with Crippen LogP contribution in [0, 0.1) is 0 Å². The van der Waals surface area contributed by atoms with Crippen LogP contribution in [0.5, 0.6) is 5.75 Å². The van der Waals surface area contributed by atoms with Crippen LogP contribution in [0.3, 0.4) is 0 Å². The lowest BCUT2D eigenvalue weighted by Crippen LogP contribution is -2.39. The third-order valence-electron chi connectivity index (χ3n) is 5.20. The van der Waals surface area contributed by atoms with E-state index in [1.165, 1.54) is 16.2 Å². The Morgan fingerprint density at radius 1 is 1.13 bits per heavy atom. The highest BCUT2D eigenvalue weighted by molar-refractivity contribution is 6.04. The average Bonchev–Trinajstić information content (AvgIpc) is 3.49. The summed E-state index contributed by atoms with van der Waals surface area (Å²) in [5.41, 5.74) is 2.68. The first kappa shape index (κ1) is 20.4. The largest absolute Gasteiger partial charge is 0.497 e. The van der Waals surface area contributed by atoms with Crippen LogP contribution >= 0.6 is 0 Å². The Hall–Kier alpha value is -3.87. The predicted molar refractivity (Wildman–Crippen MR) is 116 cm³/mol. The molecule has 2 amide bonds. The highest BCUT2D eigenvalue weighted by Gasteiger charge is 2.34. The van der Waals surface area contributed by atoms with E-state index in [1.54, 1.807) is 26.3 Å². The van der Waals surface area contributed by atoms with E-state index in [0.717, 1.165) is 22.6 Å². The second-order valence-corrected chi connectivity index (χ2v) is 7.29. The van der Waals surface area contributed by atoms with Crippen LogP contribution in [0.2, 0.25) is 0 Å². The maximum absolute atomic E-state index is 13.2. The quantitative estimate of drug-likeness (QED) is 0.612. The molecule has 1 aromatic heterocycles. The van der Waals surface area contributed by atoms with Crippen molar-refractivity contribution in [2.75, 3.05) is 20.7 Å². The first-order valence-electron chi connectivity index (χ1n) is 9.94. The molecule has 1 unspecified atom stereocenters. The third kappa shape index (κ3) is 4.35. The molecule has 1 aliphatic heterocycles. The summed E-state index contributed by atoms with van der Waals surface area (Å²) >= 11 is 0. The summed E-state index contributed by atoms with van der Waals surface area (Å²) in [6, 6.07) is 20.4. The molecule has 158 valence electrons. The molecule has 0 aliphatic carbocycles. The van der Waals surface area contributed by atoms with Crippen molar-refractivity contribution in [2.24, 2.45) is 5.10 Å². The van der Waals surface area contributed by atoms with Crippen LogP contribution < -0.4 is 4.74 Å². The van der Waals surface area contributed by atoms with E-state index in [0.29, 0.717) is 6.42 Å². The van der Waals surface area contributed by atoms with Crippen LogP contribution in [-0.4, -0.2) is 48.1 Å². The predicted octanol–water partition coefficient (Wildman–Crippen LogP) is 3.74. The zero-order valence-corrected chi connectivity index (χ0v) is 17.4. The minimum absolute atomic E-state index is 0.113. The Kier molecular flexibility index (Phi) is 5.84. The zero-order chi connectivity index (χ0) is 21.8. The number of ether oxygens (including phenoxy) is 1. The number of methoxy groups -OCH3 is 1. The number of benzene rings is 2. The van der Waals surface area contributed by atoms with E-state index >= 15 is 0 Å². The van der Waals surface area contributed by atoms with Crippen LogP contribution in [0.1, 0.15) is 34.1 Å². The molecular formula is C24H23N3O4. The van der Waals surface area contributed by atoms with Crippen molar-refractivity contribution >= 4 is 17.5 Å². The lowest BCUT2D eigenvalue weighted by atomic mass is 9.98. The molecule has 1 atom stereocenters. The second-order valence-electron chi connectivity index (χ2n) is 7.29. The smallest absolute Gasteiger partial charge is 0.289 e. The van der Waals surface area contributed by atoms with Crippen LogP contribution in [0.4, 0.5) is 0 Å². The van der Waals surface area contributed by atoms with Gasteiger partial charge in [-0.1, -0.05) is 42.5 Å². The Labute approximate surface area is 180 Å². The van der Waals surface area contributed by atoms with Gasteiger partial charge in [-0.3, -0.25) is 9.59 Å². The van der Waals surface area contributed by atoms with Gasteiger partial charge in [-0.25, -0.2) is 5.01 Å². The van der Waals surface area contributed by atoms with Gasteiger partial charge in [0.1, 0.15) is 12.3 Å². The molecule has 0 saturated heterocycles. The molecule has 4 rings (SSSR count). The van der Waals surface area contributed by atoms with Gasteiger partial charge in [0.2, 0.25) is 0 Å². The van der Waals surface area contributed by atoms with Gasteiger partial charge < -0.3 is 14.1 Å². The standard InChI is InChI=1S/C24H23N3O4/c1-26(24(29)22-12-7-13-31-22)16-23(28)27-21(17-8-4-3-5-9-17)15-20(25-27)18-10-6-11-19(14-18)30-2/h3-14,21H,15-16H2,1-2H3. The fraction of sp³-hybridized carbons (Fsp3) is 0.208. The van der Waals surface area contributed by atoms with E-state index < -0.39 is 0 Å². The number of hydrogen-bond acceptors (Lipinski definition) is 5. The van der Waals surface area contributed by atoms with Crippen molar-refractivity contribution in [1.82, 2.24) is 9.91 Å². The summed E-state index contributed by atoms with van der Waals surface area (Å²) < 4.78 is 10.5. The highest BCUT2D eigenvalue weighted by Crippen LogP contribution is 2.33. The van der Waals surface area contributed by atoms with Crippen molar-refractivity contribution in [3.05, 3.63) is 89.9 Å². The van der Waals surface area contributed by atoms with Crippen LogP contribution in [-0.2, 0) is 4.79 Å². The van der Waals surface area contributed by atoms with Gasteiger partial charge in [-0.05, 0) is 29.8 Å². The van der Waals surface area contributed by atoms with Crippen LogP contribution in [0.25, 0.3) is 0 Å². The van der Waals surface area contributed by atoms with E-state index in [9.17, 15) is 9.59 Å². The number of carbonyl (C=O) groups is 2. The van der Waals surface area contributed by atoms with E-state index in [1.807, 2.05) is 54.6 Å². The molecule has 0 saturated carbocycles. The number of hydrogen-bond donors (Lipinski definition) is 0. The number of likely N-dealkylation sites (N-methyl/N-ethyl adjacent to an activating group) is 1. The van der Waals surface area contributed by atoms with Gasteiger partial charge in [0, 0.05) is 19.0 Å². The molecule has 0 bridgehead atoms. The minimum atomic E-state index is -0.356. The lowest BCUT2D eigenvalue weighted by Gasteiger charge is -2.24. The van der Waals surface area contributed by atoms with Gasteiger partial charge in [-0.15, -0.1) is 0 Å². The number of carbonyl (C=O) groups excluding carboxylic acids is 2. The number of furan rings is 1.